The van der Waals surface area contributed by atoms with E-state index in [1.807, 2.05) is 6.92 Å². The zero-order valence-corrected chi connectivity index (χ0v) is 11.1. The molecule has 0 atom stereocenters. The Balaban J connectivity index is 1.93. The summed E-state index contributed by atoms with van der Waals surface area (Å²) in [5.41, 5.74) is 0. The van der Waals surface area contributed by atoms with Crippen molar-refractivity contribution in [2.24, 2.45) is 0 Å². The van der Waals surface area contributed by atoms with Gasteiger partial charge in [0.05, 0.1) is 33.0 Å². The molecule has 0 aromatic rings. The number of ketones is 1. The maximum Gasteiger partial charge on any atom is 0.253 e. The Bertz CT molecular complexity index is 346. The zero-order chi connectivity index (χ0) is 14.1. The predicted octanol–water partition coefficient (Wildman–Crippen LogP) is 0.314. The van der Waals surface area contributed by atoms with E-state index in [1.54, 1.807) is 0 Å². The summed E-state index contributed by atoms with van der Waals surface area (Å²) in [5.74, 6) is -0.426. The Morgan fingerprint density at radius 2 is 1.63 bits per heavy atom. The highest BCUT2D eigenvalue weighted by Gasteiger charge is 2.22. The van der Waals surface area contributed by atoms with Gasteiger partial charge in [-0.15, -0.1) is 0 Å². The predicted molar refractivity (Wildman–Crippen MR) is 67.4 cm³/mol. The number of imide groups is 1. The lowest BCUT2D eigenvalue weighted by atomic mass is 10.2. The van der Waals surface area contributed by atoms with Crippen LogP contribution in [0.1, 0.15) is 19.8 Å². The lowest BCUT2D eigenvalue weighted by molar-refractivity contribution is -0.137. The van der Waals surface area contributed by atoms with Crippen molar-refractivity contribution in [3.63, 3.8) is 0 Å². The minimum Gasteiger partial charge on any atom is -0.379 e. The van der Waals surface area contributed by atoms with Crippen molar-refractivity contribution in [3.8, 4) is 0 Å². The fraction of sp³-hybridized carbons (Fsp3) is 0.615. The third kappa shape index (κ3) is 5.76. The highest BCUT2D eigenvalue weighted by molar-refractivity contribution is 6.12. The van der Waals surface area contributed by atoms with Crippen molar-refractivity contribution in [2.75, 3.05) is 33.0 Å². The van der Waals surface area contributed by atoms with Crippen molar-refractivity contribution in [3.05, 3.63) is 12.2 Å². The van der Waals surface area contributed by atoms with Gasteiger partial charge in [-0.05, 0) is 0 Å². The van der Waals surface area contributed by atoms with Crippen LogP contribution in [0.15, 0.2) is 12.2 Å². The van der Waals surface area contributed by atoms with Gasteiger partial charge in [0.25, 0.3) is 11.8 Å². The molecule has 0 aliphatic carbocycles. The van der Waals surface area contributed by atoms with Crippen molar-refractivity contribution in [1.29, 1.82) is 0 Å². The van der Waals surface area contributed by atoms with E-state index in [9.17, 15) is 14.4 Å². The lowest BCUT2D eigenvalue weighted by Crippen LogP contribution is -2.33. The van der Waals surface area contributed by atoms with Crippen molar-refractivity contribution in [1.82, 2.24) is 4.90 Å². The summed E-state index contributed by atoms with van der Waals surface area (Å²) in [5, 5.41) is 0. The van der Waals surface area contributed by atoms with E-state index in [2.05, 4.69) is 0 Å². The summed E-state index contributed by atoms with van der Waals surface area (Å²) in [4.78, 5) is 34.5. The van der Waals surface area contributed by atoms with Gasteiger partial charge in [-0.25, -0.2) is 0 Å². The molecule has 0 spiro atoms. The monoisotopic (exact) mass is 269 g/mol. The second-order valence-electron chi connectivity index (χ2n) is 4.03. The van der Waals surface area contributed by atoms with Crippen LogP contribution in [-0.2, 0) is 23.9 Å². The third-order valence-corrected chi connectivity index (χ3v) is 2.65. The molecule has 1 aliphatic heterocycles. The molecule has 1 heterocycles. The summed E-state index contributed by atoms with van der Waals surface area (Å²) in [7, 11) is 0. The number of amides is 2. The first-order valence-corrected chi connectivity index (χ1v) is 6.36. The summed E-state index contributed by atoms with van der Waals surface area (Å²) in [6.07, 6.45) is 3.46. The van der Waals surface area contributed by atoms with Gasteiger partial charge in [-0.3, -0.25) is 19.3 Å². The van der Waals surface area contributed by atoms with Crippen molar-refractivity contribution < 1.29 is 23.9 Å². The van der Waals surface area contributed by atoms with Gasteiger partial charge >= 0.3 is 0 Å². The molecule has 6 heteroatoms. The van der Waals surface area contributed by atoms with Crippen LogP contribution in [0.25, 0.3) is 0 Å². The molecule has 0 saturated heterocycles. The Morgan fingerprint density at radius 1 is 1.05 bits per heavy atom. The van der Waals surface area contributed by atoms with E-state index in [4.69, 9.17) is 9.47 Å². The molecule has 0 aromatic heterocycles. The molecular formula is C13H19NO5. The minimum absolute atomic E-state index is 0.180. The van der Waals surface area contributed by atoms with Crippen molar-refractivity contribution in [2.45, 2.75) is 19.8 Å². The number of carbonyl (C=O) groups excluding carboxylic acids is 3. The summed E-state index contributed by atoms with van der Waals surface area (Å²) < 4.78 is 10.5. The number of hydrogen-bond acceptors (Lipinski definition) is 5. The Morgan fingerprint density at radius 3 is 2.21 bits per heavy atom. The standard InChI is InChI=1S/C13H19NO5/c1-2-11(15)5-7-18-9-10-19-8-6-14-12(16)3-4-13(14)17/h3-4H,2,5-10H2,1H3. The van der Waals surface area contributed by atoms with Crippen LogP contribution in [-0.4, -0.2) is 55.5 Å². The number of hydrogen-bond donors (Lipinski definition) is 0. The van der Waals surface area contributed by atoms with E-state index in [-0.39, 0.29) is 30.7 Å². The normalized spacial score (nSPS) is 14.5. The summed E-state index contributed by atoms with van der Waals surface area (Å²) in [6.45, 7) is 3.54. The largest absolute Gasteiger partial charge is 0.379 e. The van der Waals surface area contributed by atoms with Gasteiger partial charge in [-0.2, -0.15) is 0 Å². The second kappa shape index (κ2) is 8.55. The maximum atomic E-state index is 11.2. The molecular weight excluding hydrogens is 250 g/mol. The molecule has 0 unspecified atom stereocenters. The van der Waals surface area contributed by atoms with Gasteiger partial charge < -0.3 is 9.47 Å². The van der Waals surface area contributed by atoms with E-state index >= 15 is 0 Å². The van der Waals surface area contributed by atoms with Crippen LogP contribution < -0.4 is 0 Å². The molecule has 6 nitrogen and oxygen atoms in total. The second-order valence-corrected chi connectivity index (χ2v) is 4.03. The van der Waals surface area contributed by atoms with Crippen LogP contribution in [0, 0.1) is 0 Å². The molecule has 0 aromatic carbocycles. The van der Waals surface area contributed by atoms with Gasteiger partial charge in [0, 0.05) is 25.0 Å². The van der Waals surface area contributed by atoms with Gasteiger partial charge in [0.2, 0.25) is 0 Å². The molecule has 0 bridgehead atoms. The Kier molecular flexibility index (Phi) is 6.99. The molecule has 1 aliphatic rings. The highest BCUT2D eigenvalue weighted by Crippen LogP contribution is 2.02. The Hall–Kier alpha value is -1.53. The van der Waals surface area contributed by atoms with Crippen LogP contribution in [0.2, 0.25) is 0 Å². The van der Waals surface area contributed by atoms with E-state index in [1.165, 1.54) is 12.2 Å². The first-order valence-electron chi connectivity index (χ1n) is 6.36. The van der Waals surface area contributed by atoms with Crippen LogP contribution >= 0.6 is 0 Å². The minimum atomic E-state index is -0.303. The average molecular weight is 269 g/mol. The van der Waals surface area contributed by atoms with E-state index in [0.717, 1.165) is 4.90 Å². The highest BCUT2D eigenvalue weighted by atomic mass is 16.5. The Labute approximate surface area is 112 Å². The molecule has 2 amide bonds. The molecule has 0 saturated carbocycles. The number of Topliss-reactive ketones (excluding diaryl/α,β-unsaturated/α-hetero) is 1. The zero-order valence-electron chi connectivity index (χ0n) is 11.1. The first-order chi connectivity index (χ1) is 9.15. The van der Waals surface area contributed by atoms with E-state index < -0.39 is 0 Å². The SMILES string of the molecule is CCC(=O)CCOCCOCCN1C(=O)C=CC1=O. The first kappa shape index (κ1) is 15.5. The van der Waals surface area contributed by atoms with Gasteiger partial charge in [0.15, 0.2) is 0 Å². The smallest absolute Gasteiger partial charge is 0.253 e. The summed E-state index contributed by atoms with van der Waals surface area (Å²) in [6, 6.07) is 0. The van der Waals surface area contributed by atoms with Crippen LogP contribution in [0.3, 0.4) is 0 Å². The molecule has 1 rings (SSSR count). The maximum absolute atomic E-state index is 11.2. The van der Waals surface area contributed by atoms with Crippen LogP contribution in [0.4, 0.5) is 0 Å². The molecule has 0 fully saturated rings. The number of rotatable bonds is 10. The van der Waals surface area contributed by atoms with Gasteiger partial charge in [0.1, 0.15) is 5.78 Å². The van der Waals surface area contributed by atoms with E-state index in [0.29, 0.717) is 32.7 Å². The number of ether oxygens (including phenoxy) is 2. The summed E-state index contributed by atoms with van der Waals surface area (Å²) >= 11 is 0. The van der Waals surface area contributed by atoms with Gasteiger partial charge in [-0.1, -0.05) is 6.92 Å². The molecule has 19 heavy (non-hydrogen) atoms. The quantitative estimate of drug-likeness (QED) is 0.421. The fourth-order valence-electron chi connectivity index (χ4n) is 1.49. The van der Waals surface area contributed by atoms with Crippen LogP contribution in [0.5, 0.6) is 0 Å². The lowest BCUT2D eigenvalue weighted by Gasteiger charge is -2.13. The molecule has 0 radical (unpaired) electrons. The fourth-order valence-corrected chi connectivity index (χ4v) is 1.49. The number of carbonyl (C=O) groups is 3. The topological polar surface area (TPSA) is 72.9 Å². The molecule has 0 N–H and O–H groups in total. The molecule has 106 valence electrons. The average Bonchev–Trinajstić information content (AvgIpc) is 2.72. The third-order valence-electron chi connectivity index (χ3n) is 2.65. The van der Waals surface area contributed by atoms with Crippen molar-refractivity contribution >= 4 is 17.6 Å². The number of nitrogens with zero attached hydrogens (tertiary/aromatic N) is 1.